The average Bonchev–Trinajstić information content (AvgIpc) is 3.19. The van der Waals surface area contributed by atoms with E-state index in [0.29, 0.717) is 29.9 Å². The molecular formula is C21H28N2O6S4. The van der Waals surface area contributed by atoms with E-state index >= 15 is 0 Å². The Morgan fingerprint density at radius 3 is 2.48 bits per heavy atom. The van der Waals surface area contributed by atoms with Gasteiger partial charge in [-0.25, -0.2) is 8.42 Å². The van der Waals surface area contributed by atoms with E-state index < -0.39 is 21.6 Å². The van der Waals surface area contributed by atoms with Gasteiger partial charge >= 0.3 is 5.97 Å². The zero-order valence-electron chi connectivity index (χ0n) is 18.8. The zero-order chi connectivity index (χ0) is 24.4. The Hall–Kier alpha value is -1.63. The number of aromatic hydroxyl groups is 1. The highest BCUT2D eigenvalue weighted by Gasteiger charge is 2.18. The quantitative estimate of drug-likeness (QED) is 0.164. The lowest BCUT2D eigenvalue weighted by Gasteiger charge is -2.12. The van der Waals surface area contributed by atoms with Gasteiger partial charge in [-0.2, -0.15) is 0 Å². The van der Waals surface area contributed by atoms with Crippen LogP contribution < -0.4 is 0 Å². The highest BCUT2D eigenvalue weighted by molar-refractivity contribution is 8.03. The molecule has 0 saturated heterocycles. The van der Waals surface area contributed by atoms with E-state index in [1.807, 2.05) is 13.0 Å². The van der Waals surface area contributed by atoms with Crippen LogP contribution in [-0.2, 0) is 31.5 Å². The number of ether oxygens (including phenoxy) is 1. The molecule has 0 saturated carbocycles. The van der Waals surface area contributed by atoms with Crippen LogP contribution in [0, 0.1) is 0 Å². The molecule has 0 aliphatic carbocycles. The van der Waals surface area contributed by atoms with Crippen molar-refractivity contribution in [2.75, 3.05) is 23.9 Å². The number of esters is 1. The number of phenolic OH excluding ortho intramolecular Hbond substituents is 1. The maximum Gasteiger partial charge on any atom is 0.321 e. The van der Waals surface area contributed by atoms with Crippen LogP contribution in [0.2, 0.25) is 0 Å². The van der Waals surface area contributed by atoms with Gasteiger partial charge in [0.05, 0.1) is 17.9 Å². The van der Waals surface area contributed by atoms with E-state index in [2.05, 4.69) is 14.9 Å². The number of carbonyl (C=O) groups is 2. The molecule has 8 nitrogen and oxygen atoms in total. The molecule has 1 aromatic carbocycles. The fourth-order valence-corrected chi connectivity index (χ4v) is 7.38. The first-order valence-corrected chi connectivity index (χ1v) is 15.1. The molecule has 0 aliphatic heterocycles. The van der Waals surface area contributed by atoms with Crippen LogP contribution >= 0.6 is 34.9 Å². The molecule has 0 radical (unpaired) electrons. The molecule has 0 bridgehead atoms. The lowest BCUT2D eigenvalue weighted by molar-refractivity contribution is -0.139. The minimum absolute atomic E-state index is 0.0638. The van der Waals surface area contributed by atoms with Gasteiger partial charge in [-0.15, -0.1) is 10.2 Å². The number of aromatic nitrogens is 2. The molecule has 1 N–H and O–H groups in total. The van der Waals surface area contributed by atoms with Crippen molar-refractivity contribution in [3.8, 4) is 5.75 Å². The van der Waals surface area contributed by atoms with E-state index in [-0.39, 0.29) is 23.9 Å². The van der Waals surface area contributed by atoms with Crippen molar-refractivity contribution >= 4 is 56.5 Å². The molecule has 0 unspecified atom stereocenters. The lowest BCUT2D eigenvalue weighted by atomic mass is 9.98. The lowest BCUT2D eigenvalue weighted by Crippen LogP contribution is -2.21. The molecule has 1 heterocycles. The summed E-state index contributed by atoms with van der Waals surface area (Å²) < 4.78 is 30.1. The third kappa shape index (κ3) is 8.91. The molecule has 182 valence electrons. The van der Waals surface area contributed by atoms with Gasteiger partial charge in [-0.3, -0.25) is 9.59 Å². The summed E-state index contributed by atoms with van der Waals surface area (Å²) in [6.07, 6.45) is 1.93. The summed E-state index contributed by atoms with van der Waals surface area (Å²) in [6, 6.07) is 3.53. The Bertz CT molecular complexity index is 1070. The summed E-state index contributed by atoms with van der Waals surface area (Å²) in [5.41, 5.74) is 2.09. The summed E-state index contributed by atoms with van der Waals surface area (Å²) in [5.74, 6) is -0.359. The van der Waals surface area contributed by atoms with Gasteiger partial charge in [-0.1, -0.05) is 54.3 Å². The molecule has 12 heteroatoms. The Balaban J connectivity index is 1.87. The van der Waals surface area contributed by atoms with Gasteiger partial charge < -0.3 is 9.84 Å². The van der Waals surface area contributed by atoms with E-state index in [1.165, 1.54) is 41.8 Å². The van der Waals surface area contributed by atoms with Crippen LogP contribution in [0.4, 0.5) is 0 Å². The molecule has 2 rings (SSSR count). The Morgan fingerprint density at radius 1 is 1.15 bits per heavy atom. The highest BCUT2D eigenvalue weighted by Crippen LogP contribution is 2.34. The summed E-state index contributed by atoms with van der Waals surface area (Å²) in [7, 11) is -3.48. The monoisotopic (exact) mass is 532 g/mol. The second-order valence-corrected chi connectivity index (χ2v) is 12.9. The van der Waals surface area contributed by atoms with Gasteiger partial charge in [0.2, 0.25) is 0 Å². The fourth-order valence-electron chi connectivity index (χ4n) is 2.97. The number of benzene rings is 1. The van der Waals surface area contributed by atoms with Crippen molar-refractivity contribution in [3.05, 3.63) is 28.8 Å². The van der Waals surface area contributed by atoms with Crippen LogP contribution in [0.25, 0.3) is 0 Å². The molecule has 0 amide bonds. The first kappa shape index (κ1) is 27.6. The molecule has 1 aromatic heterocycles. The van der Waals surface area contributed by atoms with Crippen molar-refractivity contribution < 1.29 is 27.9 Å². The second kappa shape index (κ2) is 13.3. The minimum atomic E-state index is -3.48. The summed E-state index contributed by atoms with van der Waals surface area (Å²) in [5, 5.41) is 18.8. The zero-order valence-corrected chi connectivity index (χ0v) is 22.1. The van der Waals surface area contributed by atoms with Crippen LogP contribution in [0.3, 0.4) is 0 Å². The van der Waals surface area contributed by atoms with Gasteiger partial charge in [0.1, 0.15) is 11.5 Å². The number of hydrogen-bond acceptors (Lipinski definition) is 11. The number of phenols is 1. The van der Waals surface area contributed by atoms with Crippen molar-refractivity contribution in [1.82, 2.24) is 10.2 Å². The van der Waals surface area contributed by atoms with E-state index in [0.717, 1.165) is 26.2 Å². The number of thioether (sulfide) groups is 2. The van der Waals surface area contributed by atoms with Gasteiger partial charge in [0.25, 0.3) is 0 Å². The molecule has 0 fully saturated rings. The smallest absolute Gasteiger partial charge is 0.321 e. The molecule has 33 heavy (non-hydrogen) atoms. The van der Waals surface area contributed by atoms with E-state index in [1.54, 1.807) is 13.0 Å². The highest BCUT2D eigenvalue weighted by atomic mass is 32.2. The van der Waals surface area contributed by atoms with Crippen molar-refractivity contribution in [2.24, 2.45) is 0 Å². The molecule has 0 spiro atoms. The Labute approximate surface area is 206 Å². The number of Topliss-reactive ketones (excluding diaryl/α,β-unsaturated/α-hetero) is 1. The average molecular weight is 533 g/mol. The van der Waals surface area contributed by atoms with Crippen molar-refractivity contribution in [1.29, 1.82) is 0 Å². The predicted octanol–water partition coefficient (Wildman–Crippen LogP) is 4.15. The molecular weight excluding hydrogens is 505 g/mol. The summed E-state index contributed by atoms with van der Waals surface area (Å²) >= 11 is 4.35. The second-order valence-electron chi connectivity index (χ2n) is 7.13. The fraction of sp³-hybridized carbons (Fsp3) is 0.524. The molecule has 0 aliphatic rings. The van der Waals surface area contributed by atoms with E-state index in [4.69, 9.17) is 0 Å². The summed E-state index contributed by atoms with van der Waals surface area (Å²) in [4.78, 5) is 23.1. The largest absolute Gasteiger partial charge is 0.507 e. The maximum atomic E-state index is 11.9. The van der Waals surface area contributed by atoms with Crippen LogP contribution in [0.15, 0.2) is 20.8 Å². The third-order valence-corrected chi connectivity index (χ3v) is 9.38. The van der Waals surface area contributed by atoms with Crippen LogP contribution in [0.5, 0.6) is 5.75 Å². The Kier molecular flexibility index (Phi) is 11.1. The number of ketones is 1. The van der Waals surface area contributed by atoms with Crippen molar-refractivity contribution in [3.63, 3.8) is 0 Å². The first-order chi connectivity index (χ1) is 15.7. The van der Waals surface area contributed by atoms with Gasteiger partial charge in [0, 0.05) is 11.5 Å². The number of carbonyl (C=O) groups excluding carboxylic acids is 2. The Morgan fingerprint density at radius 2 is 1.85 bits per heavy atom. The number of nitrogens with zero attached hydrogens (tertiary/aromatic N) is 2. The summed E-state index contributed by atoms with van der Waals surface area (Å²) in [6.45, 7) is 5.25. The maximum absolute atomic E-state index is 11.9. The third-order valence-electron chi connectivity index (χ3n) is 4.47. The first-order valence-electron chi connectivity index (χ1n) is 10.5. The predicted molar refractivity (Wildman–Crippen MR) is 132 cm³/mol. The number of rotatable bonds is 14. The minimum Gasteiger partial charge on any atom is -0.507 e. The number of hydrogen-bond donors (Lipinski definition) is 1. The van der Waals surface area contributed by atoms with Gasteiger partial charge in [0.15, 0.2) is 24.3 Å². The molecule has 2 aromatic rings. The van der Waals surface area contributed by atoms with Crippen molar-refractivity contribution in [2.45, 2.75) is 54.5 Å². The number of sulfone groups is 1. The standard InChI is InChI=1S/C21H28N2O6S4/c1-4-7-17-15(8-9-16(14(3)24)19(17)26)12-31-21-23-22-20(32-21)30-10-6-11-33(27,28)13-18(25)29-5-2/h8-9,26H,4-7,10-13H2,1-3H3. The van der Waals surface area contributed by atoms with Gasteiger partial charge in [-0.05, 0) is 43.9 Å². The topological polar surface area (TPSA) is 124 Å². The SMILES string of the molecule is CCCc1c(CSc2nnc(SCCCS(=O)(=O)CC(=O)OCC)s2)ccc(C(C)=O)c1O. The van der Waals surface area contributed by atoms with Crippen LogP contribution in [-0.4, -0.2) is 59.3 Å². The van der Waals surface area contributed by atoms with Crippen LogP contribution in [0.1, 0.15) is 55.1 Å². The normalized spacial score (nSPS) is 11.5. The van der Waals surface area contributed by atoms with E-state index in [9.17, 15) is 23.1 Å². The molecule has 0 atom stereocenters.